The molecule has 0 aromatic heterocycles. The van der Waals surface area contributed by atoms with Crippen molar-refractivity contribution in [3.63, 3.8) is 0 Å². The van der Waals surface area contributed by atoms with Crippen LogP contribution in [0.2, 0.25) is 0 Å². The van der Waals surface area contributed by atoms with E-state index in [0.29, 0.717) is 6.04 Å². The third kappa shape index (κ3) is 4.05. The lowest BCUT2D eigenvalue weighted by molar-refractivity contribution is 0.202. The Balaban J connectivity index is 2.00. The second kappa shape index (κ2) is 7.06. The number of hydrogen-bond acceptors (Lipinski definition) is 2. The fourth-order valence-electron chi connectivity index (χ4n) is 2.74. The van der Waals surface area contributed by atoms with Crippen molar-refractivity contribution in [2.24, 2.45) is 11.8 Å². The highest BCUT2D eigenvalue weighted by atomic mass is 16.5. The van der Waals surface area contributed by atoms with E-state index in [1.165, 1.54) is 24.0 Å². The van der Waals surface area contributed by atoms with Gasteiger partial charge in [-0.1, -0.05) is 38.1 Å². The molecule has 1 fully saturated rings. The normalized spacial score (nSPS) is 23.3. The molecule has 0 bridgehead atoms. The number of benzene rings is 1. The van der Waals surface area contributed by atoms with Crippen LogP contribution in [-0.2, 0) is 11.2 Å². The number of hydrogen-bond donors (Lipinski definition) is 1. The van der Waals surface area contributed by atoms with Gasteiger partial charge in [-0.25, -0.2) is 0 Å². The predicted molar refractivity (Wildman–Crippen MR) is 80.3 cm³/mol. The molecule has 0 amide bonds. The van der Waals surface area contributed by atoms with Crippen LogP contribution in [0.4, 0.5) is 0 Å². The third-order valence-corrected chi connectivity index (χ3v) is 4.15. The van der Waals surface area contributed by atoms with Crippen LogP contribution in [0.3, 0.4) is 0 Å². The zero-order valence-electron chi connectivity index (χ0n) is 12.5. The Kier molecular flexibility index (Phi) is 5.41. The fourth-order valence-corrected chi connectivity index (χ4v) is 2.74. The van der Waals surface area contributed by atoms with Crippen LogP contribution in [0.15, 0.2) is 24.3 Å². The standard InChI is InChI=1S/C17H27NO/c1-4-10-18-17(16-12-13(16)2)15-7-5-14(6-8-15)9-11-19-3/h5-8,13,16-18H,4,9-12H2,1-3H3. The minimum Gasteiger partial charge on any atom is -0.384 e. The van der Waals surface area contributed by atoms with Gasteiger partial charge in [0.25, 0.3) is 0 Å². The SMILES string of the molecule is CCCNC(c1ccc(CCOC)cc1)C1CC1C. The molecule has 0 aliphatic heterocycles. The maximum atomic E-state index is 5.13. The number of ether oxygens (including phenoxy) is 1. The number of rotatable bonds is 8. The minimum atomic E-state index is 0.548. The Morgan fingerprint density at radius 3 is 2.53 bits per heavy atom. The Morgan fingerprint density at radius 2 is 2.00 bits per heavy atom. The van der Waals surface area contributed by atoms with Crippen molar-refractivity contribution < 1.29 is 4.74 Å². The maximum absolute atomic E-state index is 5.13. The van der Waals surface area contributed by atoms with Crippen molar-refractivity contribution in [2.45, 2.75) is 39.2 Å². The van der Waals surface area contributed by atoms with E-state index in [2.05, 4.69) is 43.4 Å². The highest BCUT2D eigenvalue weighted by Crippen LogP contribution is 2.46. The summed E-state index contributed by atoms with van der Waals surface area (Å²) >= 11 is 0. The van der Waals surface area contributed by atoms with Gasteiger partial charge in [0.1, 0.15) is 0 Å². The van der Waals surface area contributed by atoms with Crippen molar-refractivity contribution >= 4 is 0 Å². The average molecular weight is 261 g/mol. The summed E-state index contributed by atoms with van der Waals surface area (Å²) in [7, 11) is 1.76. The molecule has 1 aliphatic rings. The molecule has 3 unspecified atom stereocenters. The van der Waals surface area contributed by atoms with Crippen LogP contribution in [-0.4, -0.2) is 20.3 Å². The van der Waals surface area contributed by atoms with Gasteiger partial charge in [0.15, 0.2) is 0 Å². The minimum absolute atomic E-state index is 0.548. The topological polar surface area (TPSA) is 21.3 Å². The average Bonchev–Trinajstić information content (AvgIpc) is 3.15. The first kappa shape index (κ1) is 14.5. The van der Waals surface area contributed by atoms with Crippen molar-refractivity contribution in [1.29, 1.82) is 0 Å². The second-order valence-corrected chi connectivity index (χ2v) is 5.79. The van der Waals surface area contributed by atoms with Crippen LogP contribution < -0.4 is 5.32 Å². The molecule has 0 saturated heterocycles. The molecule has 2 rings (SSSR count). The summed E-state index contributed by atoms with van der Waals surface area (Å²) in [4.78, 5) is 0. The first-order chi connectivity index (χ1) is 9.26. The summed E-state index contributed by atoms with van der Waals surface area (Å²) in [5.41, 5.74) is 2.81. The van der Waals surface area contributed by atoms with E-state index in [9.17, 15) is 0 Å². The summed E-state index contributed by atoms with van der Waals surface area (Å²) in [6.07, 6.45) is 3.57. The highest BCUT2D eigenvalue weighted by molar-refractivity contribution is 5.27. The fraction of sp³-hybridized carbons (Fsp3) is 0.647. The molecule has 0 radical (unpaired) electrons. The van der Waals surface area contributed by atoms with Gasteiger partial charge in [-0.15, -0.1) is 0 Å². The van der Waals surface area contributed by atoms with Crippen molar-refractivity contribution in [2.75, 3.05) is 20.3 Å². The van der Waals surface area contributed by atoms with Gasteiger partial charge in [-0.05, 0) is 48.8 Å². The molecule has 1 aliphatic carbocycles. The first-order valence-electron chi connectivity index (χ1n) is 7.57. The zero-order valence-corrected chi connectivity index (χ0v) is 12.5. The van der Waals surface area contributed by atoms with Crippen LogP contribution in [0.5, 0.6) is 0 Å². The van der Waals surface area contributed by atoms with E-state index in [1.54, 1.807) is 7.11 Å². The number of methoxy groups -OCH3 is 1. The van der Waals surface area contributed by atoms with Gasteiger partial charge in [0.2, 0.25) is 0 Å². The van der Waals surface area contributed by atoms with E-state index in [0.717, 1.165) is 31.4 Å². The van der Waals surface area contributed by atoms with E-state index < -0.39 is 0 Å². The molecule has 3 atom stereocenters. The second-order valence-electron chi connectivity index (χ2n) is 5.79. The molecule has 0 heterocycles. The molecule has 1 N–H and O–H groups in total. The van der Waals surface area contributed by atoms with Crippen LogP contribution >= 0.6 is 0 Å². The summed E-state index contributed by atoms with van der Waals surface area (Å²) in [5.74, 6) is 1.71. The molecule has 1 aromatic carbocycles. The van der Waals surface area contributed by atoms with Gasteiger partial charge in [0.05, 0.1) is 6.61 Å². The smallest absolute Gasteiger partial charge is 0.0502 e. The lowest BCUT2D eigenvalue weighted by Gasteiger charge is -2.19. The Bertz CT molecular complexity index is 373. The predicted octanol–water partition coefficient (Wildman–Crippen LogP) is 3.57. The molecule has 1 aromatic rings. The Morgan fingerprint density at radius 1 is 1.32 bits per heavy atom. The van der Waals surface area contributed by atoms with Gasteiger partial charge in [-0.2, -0.15) is 0 Å². The molecule has 1 saturated carbocycles. The van der Waals surface area contributed by atoms with Crippen LogP contribution in [0.25, 0.3) is 0 Å². The molecule has 19 heavy (non-hydrogen) atoms. The van der Waals surface area contributed by atoms with Gasteiger partial charge in [0, 0.05) is 13.2 Å². The molecule has 2 heteroatoms. The summed E-state index contributed by atoms with van der Waals surface area (Å²) in [6, 6.07) is 9.64. The summed E-state index contributed by atoms with van der Waals surface area (Å²) < 4.78 is 5.13. The largest absolute Gasteiger partial charge is 0.384 e. The van der Waals surface area contributed by atoms with E-state index in [-0.39, 0.29) is 0 Å². The monoisotopic (exact) mass is 261 g/mol. The highest BCUT2D eigenvalue weighted by Gasteiger charge is 2.39. The van der Waals surface area contributed by atoms with Crippen molar-refractivity contribution in [3.8, 4) is 0 Å². The Labute approximate surface area is 117 Å². The molecule has 106 valence electrons. The maximum Gasteiger partial charge on any atom is 0.0502 e. The molecule has 2 nitrogen and oxygen atoms in total. The zero-order chi connectivity index (χ0) is 13.7. The van der Waals surface area contributed by atoms with Gasteiger partial charge in [-0.3, -0.25) is 0 Å². The van der Waals surface area contributed by atoms with E-state index in [1.807, 2.05) is 0 Å². The van der Waals surface area contributed by atoms with Crippen LogP contribution in [0.1, 0.15) is 43.9 Å². The Hall–Kier alpha value is -0.860. The summed E-state index contributed by atoms with van der Waals surface area (Å²) in [6.45, 7) is 6.50. The van der Waals surface area contributed by atoms with Gasteiger partial charge < -0.3 is 10.1 Å². The quantitative estimate of drug-likeness (QED) is 0.772. The molecular weight excluding hydrogens is 234 g/mol. The first-order valence-corrected chi connectivity index (χ1v) is 7.57. The lowest BCUT2D eigenvalue weighted by atomic mass is 9.99. The third-order valence-electron chi connectivity index (χ3n) is 4.15. The van der Waals surface area contributed by atoms with Crippen molar-refractivity contribution in [1.82, 2.24) is 5.32 Å². The summed E-state index contributed by atoms with van der Waals surface area (Å²) in [5, 5.41) is 3.72. The van der Waals surface area contributed by atoms with E-state index in [4.69, 9.17) is 4.74 Å². The van der Waals surface area contributed by atoms with E-state index >= 15 is 0 Å². The lowest BCUT2D eigenvalue weighted by Crippen LogP contribution is -2.24. The van der Waals surface area contributed by atoms with Crippen molar-refractivity contribution in [3.05, 3.63) is 35.4 Å². The molecular formula is C17H27NO. The van der Waals surface area contributed by atoms with Crippen LogP contribution in [0, 0.1) is 11.8 Å². The number of nitrogens with one attached hydrogen (secondary N) is 1. The molecule has 0 spiro atoms. The van der Waals surface area contributed by atoms with Gasteiger partial charge >= 0.3 is 0 Å².